The Labute approximate surface area is 316 Å². The first-order valence-corrected chi connectivity index (χ1v) is 25.8. The molecule has 0 bridgehead atoms. The Balaban J connectivity index is 0.000000360. The molecule has 4 rings (SSSR count). The van der Waals surface area contributed by atoms with Crippen molar-refractivity contribution < 1.29 is 62.3 Å². The molecule has 0 aliphatic rings. The van der Waals surface area contributed by atoms with E-state index < -0.39 is 53.7 Å². The smallest absolute Gasteiger partial charge is 0.335 e. The van der Waals surface area contributed by atoms with Crippen molar-refractivity contribution in [2.75, 3.05) is 53.3 Å². The maximum Gasteiger partial charge on any atom is 0.335 e. The first-order valence-electron chi connectivity index (χ1n) is 15.8. The third-order valence-electron chi connectivity index (χ3n) is 6.32. The molecule has 0 saturated heterocycles. The third-order valence-corrected chi connectivity index (χ3v) is 10.2. The molecule has 0 radical (unpaired) electrons. The second kappa shape index (κ2) is 21.4. The van der Waals surface area contributed by atoms with Crippen LogP contribution in [0.4, 0.5) is 0 Å². The van der Waals surface area contributed by atoms with Crippen LogP contribution in [0.2, 0.25) is 0 Å². The van der Waals surface area contributed by atoms with Gasteiger partial charge in [-0.05, 0) is 118 Å². The summed E-state index contributed by atoms with van der Waals surface area (Å²) < 4.78 is 44.8. The molecule has 4 aromatic carbocycles. The minimum Gasteiger partial charge on any atom is -0.478 e. The lowest BCUT2D eigenvalue weighted by atomic mass is 10.1. The molecule has 4 N–H and O–H groups in total. The number of hydrogen-bond donors (Lipinski definition) is 4. The van der Waals surface area contributed by atoms with E-state index >= 15 is 0 Å². The van der Waals surface area contributed by atoms with E-state index in [2.05, 4.69) is 0 Å². The Morgan fingerprint density at radius 1 is 0.519 bits per heavy atom. The maximum atomic E-state index is 11.5. The molecule has 0 unspecified atom stereocenters. The van der Waals surface area contributed by atoms with Crippen molar-refractivity contribution in [1.29, 1.82) is 0 Å². The van der Waals surface area contributed by atoms with Gasteiger partial charge in [0.2, 0.25) is 7.37 Å². The molecule has 54 heavy (non-hydrogen) atoms. The minimum absolute atomic E-state index is 0.180. The Morgan fingerprint density at radius 3 is 1.11 bits per heavy atom. The van der Waals surface area contributed by atoms with E-state index in [0.717, 1.165) is 11.3 Å². The van der Waals surface area contributed by atoms with Crippen LogP contribution in [0.5, 0.6) is 11.5 Å². The number of rotatable bonds is 11. The molecule has 17 heteroatoms. The van der Waals surface area contributed by atoms with Crippen LogP contribution in [0.25, 0.3) is 0 Å². The Morgan fingerprint density at radius 2 is 0.833 bits per heavy atom. The first-order chi connectivity index (χ1) is 24.8. The fraction of sp³-hybridized carbons (Fsp3) is 0.243. The molecular formula is C37H46O13P4. The number of carboxylic acids is 4. The van der Waals surface area contributed by atoms with Crippen LogP contribution < -0.4 is 14.4 Å². The van der Waals surface area contributed by atoms with Gasteiger partial charge in [-0.3, -0.25) is 4.57 Å². The van der Waals surface area contributed by atoms with Gasteiger partial charge in [0, 0.05) is 24.8 Å². The number of benzene rings is 4. The van der Waals surface area contributed by atoms with Crippen LogP contribution in [0.3, 0.4) is 0 Å². The van der Waals surface area contributed by atoms with Crippen molar-refractivity contribution in [3.8, 4) is 11.5 Å². The molecule has 0 amide bonds. The lowest BCUT2D eigenvalue weighted by Crippen LogP contribution is -2.04. The van der Waals surface area contributed by atoms with Gasteiger partial charge >= 0.3 is 23.9 Å². The maximum absolute atomic E-state index is 11.5. The second-order valence-corrected chi connectivity index (χ2v) is 24.0. The van der Waals surface area contributed by atoms with Gasteiger partial charge in [0.05, 0.1) is 37.5 Å². The summed E-state index contributed by atoms with van der Waals surface area (Å²) in [4.78, 5) is 42.0. The van der Waals surface area contributed by atoms with Crippen molar-refractivity contribution in [3.05, 3.63) is 125 Å². The van der Waals surface area contributed by atoms with Gasteiger partial charge < -0.3 is 38.6 Å². The zero-order chi connectivity index (χ0) is 41.4. The minimum atomic E-state index is -2.57. The van der Waals surface area contributed by atoms with Crippen molar-refractivity contribution in [2.24, 2.45) is 0 Å². The van der Waals surface area contributed by atoms with Crippen molar-refractivity contribution in [1.82, 2.24) is 0 Å². The highest BCUT2D eigenvalue weighted by atomic mass is 31.2. The third kappa shape index (κ3) is 20.1. The van der Waals surface area contributed by atoms with E-state index in [9.17, 15) is 32.9 Å². The molecule has 0 fully saturated rings. The fourth-order valence-corrected chi connectivity index (χ4v) is 7.07. The van der Waals surface area contributed by atoms with Gasteiger partial charge in [-0.2, -0.15) is 0 Å². The van der Waals surface area contributed by atoms with E-state index in [1.807, 2.05) is 13.3 Å². The molecule has 13 nitrogen and oxygen atoms in total. The largest absolute Gasteiger partial charge is 0.478 e. The van der Waals surface area contributed by atoms with E-state index in [1.54, 1.807) is 63.1 Å². The summed E-state index contributed by atoms with van der Waals surface area (Å²) in [5.41, 5.74) is 1.86. The standard InChI is InChI=1S/C10H13O3P.C9H11O4P.2C9H11O3P/c1-14(2,13)7-8-3-5-9(6-4-8)10(11)12;1-14(2,12)13-8-5-3-7(4-6-8)9(10)11;1-13(2,12)8-5-3-7(4-6-8)9(10)11;1-13(2)12-8-5-3-7(4-6-8)9(10)11/h3-6H,7H2,1-2H3,(H,11,12);3-6H,1-2H3,(H,10,11);2*3-6H,1-2H3,(H,10,11). The molecule has 0 aromatic heterocycles. The van der Waals surface area contributed by atoms with Gasteiger partial charge in [0.1, 0.15) is 18.6 Å². The van der Waals surface area contributed by atoms with Gasteiger partial charge in [0.15, 0.2) is 0 Å². The Kier molecular flexibility index (Phi) is 18.8. The molecule has 0 atom stereocenters. The molecule has 0 heterocycles. The van der Waals surface area contributed by atoms with E-state index in [-0.39, 0.29) is 22.3 Å². The fourth-order valence-electron chi connectivity index (χ4n) is 3.94. The van der Waals surface area contributed by atoms with E-state index in [0.29, 0.717) is 17.2 Å². The van der Waals surface area contributed by atoms with Crippen LogP contribution in [-0.4, -0.2) is 97.6 Å². The second-order valence-electron chi connectivity index (χ2n) is 12.8. The summed E-state index contributed by atoms with van der Waals surface area (Å²) in [7, 11) is -7.36. The van der Waals surface area contributed by atoms with E-state index in [4.69, 9.17) is 29.5 Å². The van der Waals surface area contributed by atoms with E-state index in [1.165, 1.54) is 74.0 Å². The summed E-state index contributed by atoms with van der Waals surface area (Å²) in [6.45, 7) is 13.7. The highest BCUT2D eigenvalue weighted by molar-refractivity contribution is 7.70. The van der Waals surface area contributed by atoms with Gasteiger partial charge in [-0.15, -0.1) is 0 Å². The monoisotopic (exact) mass is 822 g/mol. The molecule has 0 aliphatic heterocycles. The molecule has 0 spiro atoms. The highest BCUT2D eigenvalue weighted by Gasteiger charge is 2.12. The molecule has 0 aliphatic carbocycles. The lowest BCUT2D eigenvalue weighted by Gasteiger charge is -2.09. The Bertz CT molecular complexity index is 1910. The number of aromatic carboxylic acids is 4. The predicted octanol–water partition coefficient (Wildman–Crippen LogP) is 8.86. The zero-order valence-corrected chi connectivity index (χ0v) is 34.8. The SMILES string of the molecule is CP(C)(=O)Cc1ccc(C(=O)O)cc1.CP(C)(=O)Oc1ccc(C(=O)O)cc1.CP(C)(=O)c1ccc(C(=O)O)cc1.CP(C)Oc1ccc(C(=O)O)cc1. The summed E-state index contributed by atoms with van der Waals surface area (Å²) in [5.74, 6) is -2.67. The van der Waals surface area contributed by atoms with Crippen molar-refractivity contribution in [3.63, 3.8) is 0 Å². The number of hydrogen-bond acceptors (Lipinski definition) is 9. The van der Waals surface area contributed by atoms with Gasteiger partial charge in [-0.1, -0.05) is 24.3 Å². The summed E-state index contributed by atoms with van der Waals surface area (Å²) in [5, 5.41) is 35.2. The van der Waals surface area contributed by atoms with Crippen molar-refractivity contribution in [2.45, 2.75) is 6.16 Å². The summed E-state index contributed by atoms with van der Waals surface area (Å²) in [6.07, 6.45) is 0.521. The Hall–Kier alpha value is -4.52. The van der Waals surface area contributed by atoms with Crippen LogP contribution in [-0.2, 0) is 19.9 Å². The zero-order valence-electron chi connectivity index (χ0n) is 31.2. The van der Waals surface area contributed by atoms with Crippen LogP contribution >= 0.6 is 29.8 Å². The molecule has 292 valence electrons. The van der Waals surface area contributed by atoms with Crippen LogP contribution in [0, 0.1) is 0 Å². The number of carboxylic acid groups (broad SMARTS) is 4. The van der Waals surface area contributed by atoms with Crippen LogP contribution in [0.15, 0.2) is 97.1 Å². The average molecular weight is 823 g/mol. The molecule has 4 aromatic rings. The van der Waals surface area contributed by atoms with Crippen LogP contribution in [0.1, 0.15) is 47.0 Å². The first kappa shape index (κ1) is 47.5. The topological polar surface area (TPSA) is 219 Å². The summed E-state index contributed by atoms with van der Waals surface area (Å²) in [6, 6.07) is 24.9. The average Bonchev–Trinajstić information content (AvgIpc) is 3.04. The summed E-state index contributed by atoms with van der Waals surface area (Å²) >= 11 is 0. The highest BCUT2D eigenvalue weighted by Crippen LogP contribution is 2.40. The van der Waals surface area contributed by atoms with Gasteiger partial charge in [0.25, 0.3) is 0 Å². The van der Waals surface area contributed by atoms with Gasteiger partial charge in [-0.25, -0.2) is 19.2 Å². The number of carbonyl (C=O) groups is 4. The lowest BCUT2D eigenvalue weighted by molar-refractivity contribution is 0.0686. The quantitative estimate of drug-likeness (QED) is 0.104. The normalized spacial score (nSPS) is 10.9. The molecule has 0 saturated carbocycles. The van der Waals surface area contributed by atoms with Crippen molar-refractivity contribution >= 4 is 59.0 Å². The predicted molar refractivity (Wildman–Crippen MR) is 215 cm³/mol. The molecular weight excluding hydrogens is 776 g/mol.